The van der Waals surface area contributed by atoms with Gasteiger partial charge in [0.1, 0.15) is 0 Å². The minimum absolute atomic E-state index is 0.329. The van der Waals surface area contributed by atoms with E-state index in [1.54, 1.807) is 42.5 Å². The van der Waals surface area contributed by atoms with Gasteiger partial charge in [0.05, 0.1) is 5.69 Å². The molecule has 0 aliphatic carbocycles. The minimum atomic E-state index is -2.54. The molecule has 110 valence electrons. The highest BCUT2D eigenvalue weighted by Gasteiger charge is 2.13. The number of rotatable bonds is 4. The third-order valence-corrected chi connectivity index (χ3v) is 4.18. The summed E-state index contributed by atoms with van der Waals surface area (Å²) in [5, 5.41) is 2.65. The highest BCUT2D eigenvalue weighted by molar-refractivity contribution is 9.11. The van der Waals surface area contributed by atoms with Crippen molar-refractivity contribution < 1.29 is 13.6 Å². The van der Waals surface area contributed by atoms with E-state index < -0.39 is 5.76 Å². The van der Waals surface area contributed by atoms with Crippen LogP contribution >= 0.6 is 43.6 Å². The molecule has 0 fully saturated rings. The van der Waals surface area contributed by atoms with E-state index in [9.17, 15) is 13.6 Å². The van der Waals surface area contributed by atoms with Gasteiger partial charge < -0.3 is 5.32 Å². The minimum Gasteiger partial charge on any atom is -0.321 e. The van der Waals surface area contributed by atoms with Gasteiger partial charge in [0.15, 0.2) is 0 Å². The van der Waals surface area contributed by atoms with E-state index in [0.29, 0.717) is 27.9 Å². The Morgan fingerprint density at radius 2 is 1.71 bits per heavy atom. The predicted molar refractivity (Wildman–Crippen MR) is 88.1 cm³/mol. The molecule has 2 aromatic rings. The number of benzene rings is 2. The maximum absolute atomic E-state index is 12.5. The van der Waals surface area contributed by atoms with Crippen molar-refractivity contribution in [2.45, 2.75) is 10.7 Å². The maximum atomic E-state index is 12.5. The van der Waals surface area contributed by atoms with Gasteiger partial charge in [0.25, 0.3) is 11.7 Å². The number of hydrogen-bond donors (Lipinski definition) is 1. The van der Waals surface area contributed by atoms with Crippen molar-refractivity contribution in [2.75, 3.05) is 5.32 Å². The maximum Gasteiger partial charge on any atom is 0.288 e. The molecular weight excluding hydrogens is 428 g/mol. The van der Waals surface area contributed by atoms with Crippen molar-refractivity contribution in [3.8, 4) is 0 Å². The molecule has 0 aliphatic rings. The molecule has 0 unspecified atom stereocenters. The Balaban J connectivity index is 2.23. The van der Waals surface area contributed by atoms with E-state index in [-0.39, 0.29) is 5.91 Å². The summed E-state index contributed by atoms with van der Waals surface area (Å²) in [5.41, 5.74) is 0.789. The van der Waals surface area contributed by atoms with Crippen LogP contribution in [-0.2, 0) is 0 Å². The van der Waals surface area contributed by atoms with Crippen molar-refractivity contribution in [3.63, 3.8) is 0 Å². The number of carbonyl (C=O) groups is 1. The summed E-state index contributed by atoms with van der Waals surface area (Å²) in [4.78, 5) is 12.5. The fourth-order valence-corrected chi connectivity index (χ4v) is 3.54. The Kier molecular flexibility index (Phi) is 5.78. The summed E-state index contributed by atoms with van der Waals surface area (Å²) < 4.78 is 26.5. The highest BCUT2D eigenvalue weighted by atomic mass is 79.9. The molecule has 0 bridgehead atoms. The summed E-state index contributed by atoms with van der Waals surface area (Å²) >= 11 is 7.00. The lowest BCUT2D eigenvalue weighted by Crippen LogP contribution is -2.12. The van der Waals surface area contributed by atoms with Gasteiger partial charge in [0, 0.05) is 19.4 Å². The third kappa shape index (κ3) is 4.79. The van der Waals surface area contributed by atoms with Crippen LogP contribution < -0.4 is 5.32 Å². The van der Waals surface area contributed by atoms with Crippen LogP contribution in [0.5, 0.6) is 0 Å². The molecule has 1 N–H and O–H groups in total. The zero-order valence-electron chi connectivity index (χ0n) is 10.4. The molecule has 0 saturated carbocycles. The Bertz CT molecular complexity index is 647. The van der Waals surface area contributed by atoms with E-state index >= 15 is 0 Å². The molecule has 0 radical (unpaired) electrons. The SMILES string of the molecule is O=C(Nc1ccccc1SC(F)F)c1cc(Br)cc(Br)c1. The first kappa shape index (κ1) is 16.5. The molecule has 0 heterocycles. The van der Waals surface area contributed by atoms with E-state index in [4.69, 9.17) is 0 Å². The molecular formula is C14H9Br2F2NOS. The average molecular weight is 437 g/mol. The zero-order valence-corrected chi connectivity index (χ0v) is 14.4. The summed E-state index contributed by atoms with van der Waals surface area (Å²) in [6.07, 6.45) is 0. The van der Waals surface area contributed by atoms with Crippen LogP contribution in [0.25, 0.3) is 0 Å². The fourth-order valence-electron chi connectivity index (χ4n) is 1.65. The first-order valence-corrected chi connectivity index (χ1v) is 8.23. The molecule has 21 heavy (non-hydrogen) atoms. The first-order valence-electron chi connectivity index (χ1n) is 5.77. The lowest BCUT2D eigenvalue weighted by Gasteiger charge is -2.10. The van der Waals surface area contributed by atoms with E-state index in [2.05, 4.69) is 37.2 Å². The van der Waals surface area contributed by atoms with Crippen LogP contribution in [0.4, 0.5) is 14.5 Å². The Hall–Kier alpha value is -0.920. The van der Waals surface area contributed by atoms with Gasteiger partial charge in [-0.3, -0.25) is 4.79 Å². The van der Waals surface area contributed by atoms with Gasteiger partial charge in [-0.2, -0.15) is 8.78 Å². The normalized spacial score (nSPS) is 10.7. The second-order valence-electron chi connectivity index (χ2n) is 3.99. The van der Waals surface area contributed by atoms with Crippen LogP contribution in [0.15, 0.2) is 56.3 Å². The molecule has 2 nitrogen and oxygen atoms in total. The Morgan fingerprint density at radius 1 is 1.10 bits per heavy atom. The lowest BCUT2D eigenvalue weighted by molar-refractivity contribution is 0.102. The number of thioether (sulfide) groups is 1. The van der Waals surface area contributed by atoms with Crippen molar-refractivity contribution in [3.05, 3.63) is 57.0 Å². The van der Waals surface area contributed by atoms with Gasteiger partial charge >= 0.3 is 0 Å². The van der Waals surface area contributed by atoms with Crippen LogP contribution in [0.2, 0.25) is 0 Å². The van der Waals surface area contributed by atoms with Gasteiger partial charge in [-0.05, 0) is 30.3 Å². The van der Waals surface area contributed by atoms with Gasteiger partial charge in [-0.15, -0.1) is 0 Å². The van der Waals surface area contributed by atoms with Crippen molar-refractivity contribution in [1.82, 2.24) is 0 Å². The molecule has 0 saturated heterocycles. The average Bonchev–Trinajstić information content (AvgIpc) is 2.39. The molecule has 1 amide bonds. The number of halogens is 4. The van der Waals surface area contributed by atoms with E-state index in [1.807, 2.05) is 0 Å². The molecule has 2 aromatic carbocycles. The second-order valence-corrected chi connectivity index (χ2v) is 6.85. The summed E-state index contributed by atoms with van der Waals surface area (Å²) in [6, 6.07) is 11.6. The van der Waals surface area contributed by atoms with E-state index in [0.717, 1.165) is 8.95 Å². The van der Waals surface area contributed by atoms with Gasteiger partial charge in [-0.25, -0.2) is 0 Å². The van der Waals surface area contributed by atoms with E-state index in [1.165, 1.54) is 0 Å². The molecule has 0 atom stereocenters. The molecule has 2 rings (SSSR count). The van der Waals surface area contributed by atoms with Crippen LogP contribution in [0.1, 0.15) is 10.4 Å². The zero-order chi connectivity index (χ0) is 15.4. The predicted octanol–water partition coefficient (Wildman–Crippen LogP) is 5.78. The summed E-state index contributed by atoms with van der Waals surface area (Å²) in [5.74, 6) is -2.90. The quantitative estimate of drug-likeness (QED) is 0.615. The van der Waals surface area contributed by atoms with Gasteiger partial charge in [0.2, 0.25) is 0 Å². The smallest absolute Gasteiger partial charge is 0.288 e. The number of nitrogens with one attached hydrogen (secondary N) is 1. The fraction of sp³-hybridized carbons (Fsp3) is 0.0714. The number of anilines is 1. The van der Waals surface area contributed by atoms with Crippen LogP contribution in [-0.4, -0.2) is 11.7 Å². The summed E-state index contributed by atoms with van der Waals surface area (Å²) in [7, 11) is 0. The Morgan fingerprint density at radius 3 is 2.33 bits per heavy atom. The van der Waals surface area contributed by atoms with Gasteiger partial charge in [-0.1, -0.05) is 55.8 Å². The summed E-state index contributed by atoms with van der Waals surface area (Å²) in [6.45, 7) is 0. The topological polar surface area (TPSA) is 29.1 Å². The first-order chi connectivity index (χ1) is 9.95. The molecule has 0 spiro atoms. The number of hydrogen-bond acceptors (Lipinski definition) is 2. The largest absolute Gasteiger partial charge is 0.321 e. The monoisotopic (exact) mass is 435 g/mol. The van der Waals surface area contributed by atoms with Crippen LogP contribution in [0, 0.1) is 0 Å². The highest BCUT2D eigenvalue weighted by Crippen LogP contribution is 2.32. The number of para-hydroxylation sites is 1. The third-order valence-electron chi connectivity index (χ3n) is 2.48. The Labute approximate surface area is 141 Å². The van der Waals surface area contributed by atoms with Crippen molar-refractivity contribution in [2.24, 2.45) is 0 Å². The number of amides is 1. The second kappa shape index (κ2) is 7.38. The number of carbonyl (C=O) groups excluding carboxylic acids is 1. The number of alkyl halides is 2. The lowest BCUT2D eigenvalue weighted by atomic mass is 10.2. The van der Waals surface area contributed by atoms with Crippen molar-refractivity contribution >= 4 is 55.2 Å². The van der Waals surface area contributed by atoms with Crippen molar-refractivity contribution in [1.29, 1.82) is 0 Å². The standard InChI is InChI=1S/C14H9Br2F2NOS/c15-9-5-8(6-10(16)7-9)13(20)19-11-3-1-2-4-12(11)21-14(17)18/h1-7,14H,(H,19,20). The molecule has 7 heteroatoms. The molecule has 0 aliphatic heterocycles. The van der Waals surface area contributed by atoms with Crippen LogP contribution in [0.3, 0.4) is 0 Å². The molecule has 0 aromatic heterocycles.